The van der Waals surface area contributed by atoms with Crippen molar-refractivity contribution in [2.45, 2.75) is 44.2 Å². The van der Waals surface area contributed by atoms with Gasteiger partial charge in [-0.1, -0.05) is 0 Å². The number of ether oxygens (including phenoxy) is 2. The van der Waals surface area contributed by atoms with Crippen LogP contribution in [0.15, 0.2) is 0 Å². The lowest BCUT2D eigenvalue weighted by molar-refractivity contribution is -0.154. The summed E-state index contributed by atoms with van der Waals surface area (Å²) in [6, 6.07) is 0.728. The number of esters is 2. The molecule has 2 saturated carbocycles. The Morgan fingerprint density at radius 3 is 1.61 bits per heavy atom. The number of hydrogen-bond acceptors (Lipinski definition) is 6. The van der Waals surface area contributed by atoms with Crippen LogP contribution < -0.4 is 10.6 Å². The van der Waals surface area contributed by atoms with Crippen molar-refractivity contribution in [3.8, 4) is 0 Å². The van der Waals surface area contributed by atoms with Gasteiger partial charge in [0.2, 0.25) is 0 Å². The molecule has 0 aromatic heterocycles. The molecule has 0 amide bonds. The Morgan fingerprint density at radius 1 is 0.783 bits per heavy atom. The first-order valence-corrected chi connectivity index (χ1v) is 9.04. The van der Waals surface area contributed by atoms with Gasteiger partial charge in [-0.05, 0) is 57.0 Å². The van der Waals surface area contributed by atoms with Gasteiger partial charge in [0.1, 0.15) is 0 Å². The number of unbranched alkanes of at least 4 members (excludes halogenated alkanes) is 2. The molecule has 2 aliphatic carbocycles. The molecule has 23 heavy (non-hydrogen) atoms. The van der Waals surface area contributed by atoms with Crippen molar-refractivity contribution in [1.82, 2.24) is 10.6 Å². The Balaban J connectivity index is 1.02. The average Bonchev–Trinajstić information content (AvgIpc) is 3.24. The maximum Gasteiger partial charge on any atom is 0.310 e. The number of hydrogen-bond donors (Lipinski definition) is 2. The van der Waals surface area contributed by atoms with E-state index < -0.39 is 0 Å². The van der Waals surface area contributed by atoms with Gasteiger partial charge in [0.15, 0.2) is 0 Å². The van der Waals surface area contributed by atoms with Gasteiger partial charge in [-0.15, -0.1) is 0 Å². The van der Waals surface area contributed by atoms with E-state index in [-0.39, 0.29) is 23.8 Å². The number of nitrogens with one attached hydrogen (secondary N) is 2. The minimum absolute atomic E-state index is 0.0318. The first-order valence-electron chi connectivity index (χ1n) is 9.04. The highest BCUT2D eigenvalue weighted by Gasteiger charge is 2.52. The topological polar surface area (TPSA) is 76.7 Å². The molecule has 4 heterocycles. The first-order chi connectivity index (χ1) is 11.2. The smallest absolute Gasteiger partial charge is 0.310 e. The van der Waals surface area contributed by atoms with Gasteiger partial charge in [-0.2, -0.15) is 0 Å². The van der Waals surface area contributed by atoms with E-state index in [0.29, 0.717) is 37.1 Å². The molecule has 0 radical (unpaired) electrons. The molecule has 6 aliphatic rings. The summed E-state index contributed by atoms with van der Waals surface area (Å²) in [5.74, 6) is 1.14. The maximum absolute atomic E-state index is 11.9. The summed E-state index contributed by atoms with van der Waals surface area (Å²) in [4.78, 5) is 23.8. The van der Waals surface area contributed by atoms with E-state index in [2.05, 4.69) is 10.6 Å². The Kier molecular flexibility index (Phi) is 4.28. The van der Waals surface area contributed by atoms with Gasteiger partial charge in [0, 0.05) is 12.1 Å². The van der Waals surface area contributed by atoms with Crippen LogP contribution in [0.2, 0.25) is 0 Å². The van der Waals surface area contributed by atoms with Crippen LogP contribution in [0.5, 0.6) is 0 Å². The second kappa shape index (κ2) is 6.40. The molecule has 2 N–H and O–H groups in total. The van der Waals surface area contributed by atoms with E-state index in [0.717, 1.165) is 45.2 Å². The van der Waals surface area contributed by atoms with Gasteiger partial charge in [-0.25, -0.2) is 0 Å². The third kappa shape index (κ3) is 2.87. The van der Waals surface area contributed by atoms with Crippen LogP contribution in [0.1, 0.15) is 32.1 Å². The van der Waals surface area contributed by atoms with Crippen molar-refractivity contribution in [3.05, 3.63) is 0 Å². The third-order valence-corrected chi connectivity index (χ3v) is 6.10. The second-order valence-corrected chi connectivity index (χ2v) is 7.47. The summed E-state index contributed by atoms with van der Waals surface area (Å²) < 4.78 is 10.7. The predicted octanol–water partition coefficient (Wildman–Crippen LogP) is 0.459. The SMILES string of the molecule is O=C(OCCCCCOC(=O)C1C2CNC1C2)C1C2CNC1C2. The molecule has 128 valence electrons. The van der Waals surface area contributed by atoms with Crippen molar-refractivity contribution >= 4 is 11.9 Å². The van der Waals surface area contributed by atoms with Crippen LogP contribution in [0, 0.1) is 23.7 Å². The van der Waals surface area contributed by atoms with Crippen molar-refractivity contribution in [3.63, 3.8) is 0 Å². The molecule has 0 aromatic carbocycles. The molecular weight excluding hydrogens is 296 g/mol. The van der Waals surface area contributed by atoms with Gasteiger partial charge in [0.05, 0.1) is 25.0 Å². The van der Waals surface area contributed by atoms with Crippen LogP contribution >= 0.6 is 0 Å². The van der Waals surface area contributed by atoms with Crippen molar-refractivity contribution in [2.24, 2.45) is 23.7 Å². The molecule has 4 bridgehead atoms. The van der Waals surface area contributed by atoms with E-state index in [9.17, 15) is 9.59 Å². The van der Waals surface area contributed by atoms with Crippen LogP contribution in [0.3, 0.4) is 0 Å². The lowest BCUT2D eigenvalue weighted by atomic mass is 9.74. The molecule has 6 unspecified atom stereocenters. The Hall–Kier alpha value is -1.14. The maximum atomic E-state index is 11.9. The molecule has 6 rings (SSSR count). The fourth-order valence-corrected chi connectivity index (χ4v) is 4.58. The molecule has 6 fully saturated rings. The standard InChI is InChI=1S/C17H26N2O4/c20-16(14-10-6-12(14)18-8-10)22-4-2-1-3-5-23-17(21)15-11-7-13(15)19-9-11/h10-15,18-19H,1-9H2. The van der Waals surface area contributed by atoms with E-state index in [1.54, 1.807) is 0 Å². The molecule has 6 nitrogen and oxygen atoms in total. The number of fused-ring (bicyclic) bond motifs is 2. The summed E-state index contributed by atoms with van der Waals surface area (Å²) in [5.41, 5.74) is 0. The fraction of sp³-hybridized carbons (Fsp3) is 0.882. The molecule has 0 spiro atoms. The quantitative estimate of drug-likeness (QED) is 0.499. The highest BCUT2D eigenvalue weighted by Crippen LogP contribution is 2.41. The zero-order chi connectivity index (χ0) is 15.8. The van der Waals surface area contributed by atoms with Crippen LogP contribution in [0.4, 0.5) is 0 Å². The summed E-state index contributed by atoms with van der Waals surface area (Å²) in [6.45, 7) is 2.90. The molecule has 6 heteroatoms. The van der Waals surface area contributed by atoms with E-state index in [1.165, 1.54) is 0 Å². The summed E-state index contributed by atoms with van der Waals surface area (Å²) in [6.07, 6.45) is 4.86. The van der Waals surface area contributed by atoms with Crippen molar-refractivity contribution < 1.29 is 19.1 Å². The van der Waals surface area contributed by atoms with E-state index >= 15 is 0 Å². The minimum atomic E-state index is -0.0318. The summed E-state index contributed by atoms with van der Waals surface area (Å²) in [7, 11) is 0. The summed E-state index contributed by atoms with van der Waals surface area (Å²) in [5, 5.41) is 6.66. The lowest BCUT2D eigenvalue weighted by Gasteiger charge is -2.32. The Morgan fingerprint density at radius 2 is 1.26 bits per heavy atom. The lowest BCUT2D eigenvalue weighted by Crippen LogP contribution is -2.43. The highest BCUT2D eigenvalue weighted by atomic mass is 16.5. The highest BCUT2D eigenvalue weighted by molar-refractivity contribution is 5.76. The Labute approximate surface area is 136 Å². The number of rotatable bonds is 8. The average molecular weight is 322 g/mol. The largest absolute Gasteiger partial charge is 0.465 e. The Bertz CT molecular complexity index is 413. The molecule has 4 saturated heterocycles. The zero-order valence-electron chi connectivity index (χ0n) is 13.5. The molecule has 4 aliphatic heterocycles. The predicted molar refractivity (Wildman–Crippen MR) is 82.5 cm³/mol. The number of carbonyl (C=O) groups is 2. The van der Waals surface area contributed by atoms with Crippen LogP contribution in [-0.4, -0.2) is 50.3 Å². The van der Waals surface area contributed by atoms with Crippen LogP contribution in [0.25, 0.3) is 0 Å². The van der Waals surface area contributed by atoms with Gasteiger partial charge in [-0.3, -0.25) is 9.59 Å². The number of carbonyl (C=O) groups excluding carboxylic acids is 2. The summed E-state index contributed by atoms with van der Waals surface area (Å²) >= 11 is 0. The second-order valence-electron chi connectivity index (χ2n) is 7.47. The monoisotopic (exact) mass is 322 g/mol. The van der Waals surface area contributed by atoms with Gasteiger partial charge < -0.3 is 20.1 Å². The fourth-order valence-electron chi connectivity index (χ4n) is 4.58. The van der Waals surface area contributed by atoms with E-state index in [1.807, 2.05) is 0 Å². The van der Waals surface area contributed by atoms with Crippen molar-refractivity contribution in [1.29, 1.82) is 0 Å². The first kappa shape index (κ1) is 15.4. The minimum Gasteiger partial charge on any atom is -0.465 e. The molecular formula is C17H26N2O4. The third-order valence-electron chi connectivity index (χ3n) is 6.10. The zero-order valence-corrected chi connectivity index (χ0v) is 13.5. The van der Waals surface area contributed by atoms with Crippen LogP contribution in [-0.2, 0) is 19.1 Å². The molecule has 0 aromatic rings. The molecule has 6 atom stereocenters. The van der Waals surface area contributed by atoms with E-state index in [4.69, 9.17) is 9.47 Å². The normalized spacial score (nSPS) is 39.5. The van der Waals surface area contributed by atoms with Crippen molar-refractivity contribution in [2.75, 3.05) is 26.3 Å². The van der Waals surface area contributed by atoms with Gasteiger partial charge >= 0.3 is 11.9 Å². The van der Waals surface area contributed by atoms with Gasteiger partial charge in [0.25, 0.3) is 0 Å².